The van der Waals surface area contributed by atoms with E-state index in [1.165, 1.54) is 0 Å². The molecule has 0 saturated heterocycles. The summed E-state index contributed by atoms with van der Waals surface area (Å²) in [4.78, 5) is 11.4. The molecule has 0 radical (unpaired) electrons. The van der Waals surface area contributed by atoms with Gasteiger partial charge in [0, 0.05) is 12.6 Å². The third-order valence-electron chi connectivity index (χ3n) is 2.16. The molecule has 1 aromatic rings. The number of thiophene rings is 1. The fraction of sp³-hybridized carbons (Fsp3) is 0.583. The lowest BCUT2D eigenvalue weighted by atomic mass is 10.1. The number of nitrogens with two attached hydrogens (primary N) is 1. The monoisotopic (exact) mass is 256 g/mol. The van der Waals surface area contributed by atoms with Crippen LogP contribution in [0.2, 0.25) is 0 Å². The van der Waals surface area contributed by atoms with E-state index in [4.69, 9.17) is 10.5 Å². The van der Waals surface area contributed by atoms with Gasteiger partial charge in [-0.05, 0) is 49.6 Å². The lowest BCUT2D eigenvalue weighted by molar-refractivity contribution is 0.0524. The minimum absolute atomic E-state index is 0.186. The minimum Gasteiger partial charge on any atom is -0.444 e. The molecule has 5 heteroatoms. The van der Waals surface area contributed by atoms with E-state index < -0.39 is 11.7 Å². The second-order valence-electron chi connectivity index (χ2n) is 5.00. The molecule has 4 nitrogen and oxygen atoms in total. The Morgan fingerprint density at radius 1 is 1.53 bits per heavy atom. The standard InChI is InChI=1S/C12H20N2O2S/c1-8-6-17-7-9(8)10(13)5-14-11(15)16-12(2,3)4/h6-7,10H,5,13H2,1-4H3,(H,14,15). The second kappa shape index (κ2) is 5.51. The molecule has 1 atom stereocenters. The van der Waals surface area contributed by atoms with E-state index in [1.54, 1.807) is 11.3 Å². The Balaban J connectivity index is 2.41. The maximum Gasteiger partial charge on any atom is 0.407 e. The Labute approximate surface area is 106 Å². The van der Waals surface area contributed by atoms with Gasteiger partial charge in [-0.15, -0.1) is 0 Å². The summed E-state index contributed by atoms with van der Waals surface area (Å²) >= 11 is 1.61. The summed E-state index contributed by atoms with van der Waals surface area (Å²) in [6, 6.07) is -0.186. The fourth-order valence-electron chi connectivity index (χ4n) is 1.37. The lowest BCUT2D eigenvalue weighted by Crippen LogP contribution is -2.36. The smallest absolute Gasteiger partial charge is 0.407 e. The van der Waals surface area contributed by atoms with Gasteiger partial charge in [0.2, 0.25) is 0 Å². The largest absolute Gasteiger partial charge is 0.444 e. The molecule has 1 rings (SSSR count). The van der Waals surface area contributed by atoms with Gasteiger partial charge in [0.1, 0.15) is 5.60 Å². The number of carbonyl (C=O) groups excluding carboxylic acids is 1. The van der Waals surface area contributed by atoms with E-state index >= 15 is 0 Å². The zero-order chi connectivity index (χ0) is 13.1. The molecule has 1 amide bonds. The third kappa shape index (κ3) is 4.75. The molecule has 0 aliphatic heterocycles. The van der Waals surface area contributed by atoms with Crippen molar-refractivity contribution >= 4 is 17.4 Å². The molecule has 96 valence electrons. The highest BCUT2D eigenvalue weighted by atomic mass is 32.1. The van der Waals surface area contributed by atoms with Crippen LogP contribution in [0, 0.1) is 6.92 Å². The quantitative estimate of drug-likeness (QED) is 0.873. The van der Waals surface area contributed by atoms with Crippen LogP contribution in [0.5, 0.6) is 0 Å². The Hall–Kier alpha value is -1.07. The van der Waals surface area contributed by atoms with Crippen LogP contribution < -0.4 is 11.1 Å². The molecule has 3 N–H and O–H groups in total. The number of carbonyl (C=O) groups is 1. The number of rotatable bonds is 3. The van der Waals surface area contributed by atoms with E-state index in [9.17, 15) is 4.79 Å². The summed E-state index contributed by atoms with van der Waals surface area (Å²) in [5.41, 5.74) is 7.74. The SMILES string of the molecule is Cc1cscc1C(N)CNC(=O)OC(C)(C)C. The van der Waals surface area contributed by atoms with Gasteiger partial charge in [0.15, 0.2) is 0 Å². The van der Waals surface area contributed by atoms with Crippen LogP contribution in [0.1, 0.15) is 37.9 Å². The number of alkyl carbamates (subject to hydrolysis) is 1. The number of hydrogen-bond acceptors (Lipinski definition) is 4. The summed E-state index contributed by atoms with van der Waals surface area (Å²) in [5.74, 6) is 0. The highest BCUT2D eigenvalue weighted by Crippen LogP contribution is 2.19. The molecule has 0 bridgehead atoms. The number of amides is 1. The van der Waals surface area contributed by atoms with E-state index in [0.29, 0.717) is 6.54 Å². The van der Waals surface area contributed by atoms with Gasteiger partial charge in [-0.3, -0.25) is 0 Å². The van der Waals surface area contributed by atoms with Gasteiger partial charge >= 0.3 is 6.09 Å². The first-order chi connectivity index (χ1) is 7.79. The Morgan fingerprint density at radius 3 is 2.65 bits per heavy atom. The maximum atomic E-state index is 11.4. The van der Waals surface area contributed by atoms with E-state index in [-0.39, 0.29) is 6.04 Å². The van der Waals surface area contributed by atoms with Crippen molar-refractivity contribution in [2.45, 2.75) is 39.3 Å². The zero-order valence-corrected chi connectivity index (χ0v) is 11.6. The van der Waals surface area contributed by atoms with Gasteiger partial charge < -0.3 is 15.8 Å². The van der Waals surface area contributed by atoms with E-state index in [2.05, 4.69) is 5.32 Å². The highest BCUT2D eigenvalue weighted by molar-refractivity contribution is 7.08. The third-order valence-corrected chi connectivity index (χ3v) is 3.04. The average molecular weight is 256 g/mol. The number of ether oxygens (including phenoxy) is 1. The Morgan fingerprint density at radius 2 is 2.18 bits per heavy atom. The van der Waals surface area contributed by atoms with Crippen LogP contribution in [0.3, 0.4) is 0 Å². The van der Waals surface area contributed by atoms with Crippen molar-refractivity contribution in [1.29, 1.82) is 0 Å². The van der Waals surface area contributed by atoms with Crippen LogP contribution in [-0.4, -0.2) is 18.2 Å². The van der Waals surface area contributed by atoms with Gasteiger partial charge in [0.05, 0.1) is 0 Å². The highest BCUT2D eigenvalue weighted by Gasteiger charge is 2.17. The van der Waals surface area contributed by atoms with Crippen LogP contribution in [-0.2, 0) is 4.74 Å². The summed E-state index contributed by atoms with van der Waals surface area (Å²) < 4.78 is 5.13. The molecule has 1 heterocycles. The predicted octanol–water partition coefficient (Wildman–Crippen LogP) is 2.58. The first-order valence-electron chi connectivity index (χ1n) is 5.54. The number of aryl methyl sites for hydroxylation is 1. The minimum atomic E-state index is -0.480. The average Bonchev–Trinajstić information content (AvgIpc) is 2.58. The van der Waals surface area contributed by atoms with Crippen molar-refractivity contribution in [2.75, 3.05) is 6.54 Å². The van der Waals surface area contributed by atoms with Crippen molar-refractivity contribution in [3.05, 3.63) is 21.9 Å². The molecule has 0 aromatic carbocycles. The van der Waals surface area contributed by atoms with Gasteiger partial charge in [0.25, 0.3) is 0 Å². The topological polar surface area (TPSA) is 64.3 Å². The summed E-state index contributed by atoms with van der Waals surface area (Å²) in [5, 5.41) is 6.73. The Bertz CT molecular complexity index is 382. The van der Waals surface area contributed by atoms with E-state index in [1.807, 2.05) is 38.5 Å². The number of nitrogens with one attached hydrogen (secondary N) is 1. The van der Waals surface area contributed by atoms with Gasteiger partial charge in [-0.2, -0.15) is 11.3 Å². The van der Waals surface area contributed by atoms with Gasteiger partial charge in [-0.25, -0.2) is 4.79 Å². The summed E-state index contributed by atoms with van der Waals surface area (Å²) in [6.07, 6.45) is -0.430. The van der Waals surface area contributed by atoms with Crippen molar-refractivity contribution in [1.82, 2.24) is 5.32 Å². The molecule has 0 saturated carbocycles. The first-order valence-corrected chi connectivity index (χ1v) is 6.49. The molecule has 0 fully saturated rings. The second-order valence-corrected chi connectivity index (χ2v) is 5.74. The molecule has 0 spiro atoms. The van der Waals surface area contributed by atoms with Crippen molar-refractivity contribution in [3.63, 3.8) is 0 Å². The predicted molar refractivity (Wildman–Crippen MR) is 70.2 cm³/mol. The molecule has 1 aromatic heterocycles. The number of hydrogen-bond donors (Lipinski definition) is 2. The van der Waals surface area contributed by atoms with Crippen molar-refractivity contribution in [2.24, 2.45) is 5.73 Å². The normalized spacial score (nSPS) is 13.2. The molecule has 0 aliphatic carbocycles. The fourth-order valence-corrected chi connectivity index (χ4v) is 2.28. The van der Waals surface area contributed by atoms with Crippen LogP contribution in [0.4, 0.5) is 4.79 Å². The molecular formula is C12H20N2O2S. The zero-order valence-electron chi connectivity index (χ0n) is 10.7. The van der Waals surface area contributed by atoms with Crippen LogP contribution >= 0.6 is 11.3 Å². The van der Waals surface area contributed by atoms with E-state index in [0.717, 1.165) is 11.1 Å². The molecular weight excluding hydrogens is 236 g/mol. The Kier molecular flexibility index (Phi) is 4.54. The van der Waals surface area contributed by atoms with Gasteiger partial charge in [-0.1, -0.05) is 0 Å². The van der Waals surface area contributed by atoms with Crippen molar-refractivity contribution < 1.29 is 9.53 Å². The van der Waals surface area contributed by atoms with Crippen molar-refractivity contribution in [3.8, 4) is 0 Å². The van der Waals surface area contributed by atoms with Crippen LogP contribution in [0.15, 0.2) is 10.8 Å². The summed E-state index contributed by atoms with van der Waals surface area (Å²) in [6.45, 7) is 7.88. The lowest BCUT2D eigenvalue weighted by Gasteiger charge is -2.20. The molecule has 0 aliphatic rings. The summed E-state index contributed by atoms with van der Waals surface area (Å²) in [7, 11) is 0. The first kappa shape index (κ1) is 14.0. The molecule has 1 unspecified atom stereocenters. The molecule has 17 heavy (non-hydrogen) atoms. The van der Waals surface area contributed by atoms with Crippen LogP contribution in [0.25, 0.3) is 0 Å². The maximum absolute atomic E-state index is 11.4.